The van der Waals surface area contributed by atoms with Gasteiger partial charge in [0.2, 0.25) is 0 Å². The lowest BCUT2D eigenvalue weighted by atomic mass is 10.0. The number of benzene rings is 1. The molecule has 0 aliphatic heterocycles. The zero-order valence-corrected chi connectivity index (χ0v) is 8.54. The topological polar surface area (TPSA) is 36.0 Å². The summed E-state index contributed by atoms with van der Waals surface area (Å²) in [6, 6.07) is 10.2. The molecule has 1 heterocycles. The van der Waals surface area contributed by atoms with Crippen molar-refractivity contribution in [1.82, 2.24) is 4.98 Å². The van der Waals surface area contributed by atoms with E-state index in [9.17, 15) is 5.11 Å². The summed E-state index contributed by atoms with van der Waals surface area (Å²) in [7, 11) is 0. The van der Waals surface area contributed by atoms with Gasteiger partial charge in [-0.25, -0.2) is 0 Å². The van der Waals surface area contributed by atoms with Gasteiger partial charge < -0.3 is 10.1 Å². The summed E-state index contributed by atoms with van der Waals surface area (Å²) >= 11 is 0. The van der Waals surface area contributed by atoms with Gasteiger partial charge in [0.1, 0.15) is 0 Å². The third-order valence-electron chi connectivity index (χ3n) is 2.21. The highest BCUT2D eigenvalue weighted by Crippen LogP contribution is 2.18. The Hall–Kier alpha value is -1.28. The number of aromatic nitrogens is 1. The second kappa shape index (κ2) is 3.14. The predicted octanol–water partition coefficient (Wildman–Crippen LogP) is 2.48. The highest BCUT2D eigenvalue weighted by Gasteiger charge is 2.14. The van der Waals surface area contributed by atoms with Gasteiger partial charge in [0, 0.05) is 17.6 Å². The maximum atomic E-state index is 9.68. The Bertz CT molecular complexity index is 404. The molecule has 74 valence electrons. The SMILES string of the molecule is CC(C)(O)Cc1cc2ccccc2[nH]1. The quantitative estimate of drug-likeness (QED) is 0.748. The molecule has 0 aliphatic carbocycles. The first-order valence-electron chi connectivity index (χ1n) is 4.84. The third kappa shape index (κ3) is 1.96. The van der Waals surface area contributed by atoms with E-state index in [2.05, 4.69) is 17.1 Å². The van der Waals surface area contributed by atoms with Gasteiger partial charge in [0.05, 0.1) is 5.60 Å². The second-order valence-electron chi connectivity index (χ2n) is 4.37. The highest BCUT2D eigenvalue weighted by molar-refractivity contribution is 5.80. The Labute approximate surface area is 83.6 Å². The van der Waals surface area contributed by atoms with Gasteiger partial charge in [-0.3, -0.25) is 0 Å². The number of aliphatic hydroxyl groups is 1. The molecule has 0 unspecified atom stereocenters. The van der Waals surface area contributed by atoms with Crippen molar-refractivity contribution in [3.63, 3.8) is 0 Å². The summed E-state index contributed by atoms with van der Waals surface area (Å²) in [4.78, 5) is 3.29. The van der Waals surface area contributed by atoms with Gasteiger partial charge in [-0.05, 0) is 31.4 Å². The molecule has 2 nitrogen and oxygen atoms in total. The average Bonchev–Trinajstić information content (AvgIpc) is 2.42. The number of para-hydroxylation sites is 1. The number of rotatable bonds is 2. The van der Waals surface area contributed by atoms with Crippen molar-refractivity contribution in [2.24, 2.45) is 0 Å². The van der Waals surface area contributed by atoms with Crippen LogP contribution in [0.3, 0.4) is 0 Å². The van der Waals surface area contributed by atoms with Crippen molar-refractivity contribution in [3.8, 4) is 0 Å². The fourth-order valence-electron chi connectivity index (χ4n) is 1.69. The number of hydrogen-bond acceptors (Lipinski definition) is 1. The summed E-state index contributed by atoms with van der Waals surface area (Å²) in [5.41, 5.74) is 1.56. The van der Waals surface area contributed by atoms with Gasteiger partial charge in [0.15, 0.2) is 0 Å². The van der Waals surface area contributed by atoms with Gasteiger partial charge in [-0.1, -0.05) is 18.2 Å². The van der Waals surface area contributed by atoms with Crippen LogP contribution in [0.5, 0.6) is 0 Å². The number of aromatic amines is 1. The molecule has 0 saturated heterocycles. The smallest absolute Gasteiger partial charge is 0.0646 e. The molecule has 0 amide bonds. The minimum absolute atomic E-state index is 0.652. The highest BCUT2D eigenvalue weighted by atomic mass is 16.3. The van der Waals surface area contributed by atoms with Gasteiger partial charge in [0.25, 0.3) is 0 Å². The molecule has 2 N–H and O–H groups in total. The van der Waals surface area contributed by atoms with E-state index in [1.54, 1.807) is 0 Å². The predicted molar refractivity (Wildman–Crippen MR) is 58.3 cm³/mol. The summed E-state index contributed by atoms with van der Waals surface area (Å²) in [5.74, 6) is 0. The van der Waals surface area contributed by atoms with Crippen LogP contribution in [0, 0.1) is 0 Å². The van der Waals surface area contributed by atoms with Gasteiger partial charge in [-0.15, -0.1) is 0 Å². The van der Waals surface area contributed by atoms with Crippen molar-refractivity contribution in [1.29, 1.82) is 0 Å². The number of hydrogen-bond donors (Lipinski definition) is 2. The zero-order valence-electron chi connectivity index (χ0n) is 8.54. The fourth-order valence-corrected chi connectivity index (χ4v) is 1.69. The lowest BCUT2D eigenvalue weighted by molar-refractivity contribution is 0.0801. The van der Waals surface area contributed by atoms with Crippen LogP contribution in [-0.2, 0) is 6.42 Å². The monoisotopic (exact) mass is 189 g/mol. The Morgan fingerprint density at radius 2 is 2.00 bits per heavy atom. The van der Waals surface area contributed by atoms with E-state index >= 15 is 0 Å². The molecule has 1 aromatic carbocycles. The molecular formula is C12H15NO. The minimum atomic E-state index is -0.652. The number of fused-ring (bicyclic) bond motifs is 1. The van der Waals surface area contributed by atoms with Crippen LogP contribution >= 0.6 is 0 Å². The Balaban J connectivity index is 2.36. The Morgan fingerprint density at radius 1 is 1.29 bits per heavy atom. The van der Waals surface area contributed by atoms with Gasteiger partial charge >= 0.3 is 0 Å². The second-order valence-corrected chi connectivity index (χ2v) is 4.37. The third-order valence-corrected chi connectivity index (χ3v) is 2.21. The average molecular weight is 189 g/mol. The first kappa shape index (κ1) is 9.28. The van der Waals surface area contributed by atoms with Crippen molar-refractivity contribution in [2.75, 3.05) is 0 Å². The molecule has 0 atom stereocenters. The fraction of sp³-hybridized carbons (Fsp3) is 0.333. The minimum Gasteiger partial charge on any atom is -0.390 e. The van der Waals surface area contributed by atoms with E-state index in [1.165, 1.54) is 5.39 Å². The molecule has 2 heteroatoms. The van der Waals surface area contributed by atoms with Gasteiger partial charge in [-0.2, -0.15) is 0 Å². The van der Waals surface area contributed by atoms with Crippen molar-refractivity contribution in [2.45, 2.75) is 25.9 Å². The molecular weight excluding hydrogens is 174 g/mol. The molecule has 0 saturated carbocycles. The lowest BCUT2D eigenvalue weighted by Gasteiger charge is -2.15. The maximum Gasteiger partial charge on any atom is 0.0646 e. The number of nitrogens with one attached hydrogen (secondary N) is 1. The molecule has 1 aromatic heterocycles. The molecule has 2 rings (SSSR count). The Kier molecular flexibility index (Phi) is 2.08. The molecule has 0 fully saturated rings. The van der Waals surface area contributed by atoms with E-state index in [1.807, 2.05) is 32.0 Å². The van der Waals surface area contributed by atoms with E-state index in [4.69, 9.17) is 0 Å². The van der Waals surface area contributed by atoms with Crippen LogP contribution in [0.25, 0.3) is 10.9 Å². The van der Waals surface area contributed by atoms with E-state index in [0.29, 0.717) is 6.42 Å². The first-order chi connectivity index (χ1) is 6.54. The molecule has 0 aliphatic rings. The van der Waals surface area contributed by atoms with E-state index < -0.39 is 5.60 Å². The van der Waals surface area contributed by atoms with Crippen molar-refractivity contribution in [3.05, 3.63) is 36.0 Å². The van der Waals surface area contributed by atoms with Crippen molar-refractivity contribution < 1.29 is 5.11 Å². The molecule has 0 radical (unpaired) electrons. The largest absolute Gasteiger partial charge is 0.390 e. The van der Waals surface area contributed by atoms with Crippen molar-refractivity contribution >= 4 is 10.9 Å². The maximum absolute atomic E-state index is 9.68. The Morgan fingerprint density at radius 3 is 2.64 bits per heavy atom. The molecule has 0 bridgehead atoms. The lowest BCUT2D eigenvalue weighted by Crippen LogP contribution is -2.21. The van der Waals surface area contributed by atoms with Crippen LogP contribution in [0.15, 0.2) is 30.3 Å². The first-order valence-corrected chi connectivity index (χ1v) is 4.84. The summed E-state index contributed by atoms with van der Waals surface area (Å²) in [6.07, 6.45) is 0.654. The standard InChI is InChI=1S/C12H15NO/c1-12(2,14)8-10-7-9-5-3-4-6-11(9)13-10/h3-7,13-14H,8H2,1-2H3. The normalized spacial score (nSPS) is 12.2. The molecule has 0 spiro atoms. The number of H-pyrrole nitrogens is 1. The van der Waals surface area contributed by atoms with Crippen LogP contribution in [0.1, 0.15) is 19.5 Å². The van der Waals surface area contributed by atoms with Crippen LogP contribution in [-0.4, -0.2) is 15.7 Å². The summed E-state index contributed by atoms with van der Waals surface area (Å²) in [5, 5.41) is 10.9. The zero-order chi connectivity index (χ0) is 10.2. The van der Waals surface area contributed by atoms with E-state index in [-0.39, 0.29) is 0 Å². The van der Waals surface area contributed by atoms with Crippen LogP contribution in [0.2, 0.25) is 0 Å². The summed E-state index contributed by atoms with van der Waals surface area (Å²) in [6.45, 7) is 3.64. The van der Waals surface area contributed by atoms with Crippen LogP contribution in [0.4, 0.5) is 0 Å². The van der Waals surface area contributed by atoms with Crippen LogP contribution < -0.4 is 0 Å². The molecule has 2 aromatic rings. The van der Waals surface area contributed by atoms with E-state index in [0.717, 1.165) is 11.2 Å². The molecule has 14 heavy (non-hydrogen) atoms. The summed E-state index contributed by atoms with van der Waals surface area (Å²) < 4.78 is 0.